The Morgan fingerprint density at radius 3 is 2.55 bits per heavy atom. The number of nitrogen functional groups attached to an aromatic ring is 1. The van der Waals surface area contributed by atoms with E-state index in [2.05, 4.69) is 46.8 Å². The van der Waals surface area contributed by atoms with E-state index in [1.807, 2.05) is 18.2 Å². The van der Waals surface area contributed by atoms with Gasteiger partial charge >= 0.3 is 0 Å². The Bertz CT molecular complexity index is 782. The summed E-state index contributed by atoms with van der Waals surface area (Å²) in [7, 11) is 1.53. The number of nitrogens with zero attached hydrogens (tertiary/aromatic N) is 4. The zero-order chi connectivity index (χ0) is 14.3. The van der Waals surface area contributed by atoms with E-state index in [9.17, 15) is 0 Å². The third-order valence-corrected chi connectivity index (χ3v) is 4.07. The molecule has 0 spiro atoms. The van der Waals surface area contributed by atoms with Crippen molar-refractivity contribution in [3.8, 4) is 11.6 Å². The summed E-state index contributed by atoms with van der Waals surface area (Å²) in [6, 6.07) is 5.76. The fourth-order valence-corrected chi connectivity index (χ4v) is 3.31. The van der Waals surface area contributed by atoms with E-state index in [1.165, 1.54) is 13.4 Å². The van der Waals surface area contributed by atoms with Crippen molar-refractivity contribution in [3.63, 3.8) is 0 Å². The van der Waals surface area contributed by atoms with Crippen molar-refractivity contribution in [2.45, 2.75) is 0 Å². The molecule has 2 aromatic heterocycles. The second-order valence-corrected chi connectivity index (χ2v) is 5.64. The maximum Gasteiger partial charge on any atom is 0.245 e. The molecule has 0 aliphatic carbocycles. The van der Waals surface area contributed by atoms with Crippen molar-refractivity contribution in [1.82, 2.24) is 19.5 Å². The van der Waals surface area contributed by atoms with E-state index >= 15 is 0 Å². The van der Waals surface area contributed by atoms with Crippen LogP contribution in [-0.2, 0) is 0 Å². The van der Waals surface area contributed by atoms with Crippen molar-refractivity contribution in [2.75, 3.05) is 12.8 Å². The van der Waals surface area contributed by atoms with Gasteiger partial charge in [-0.1, -0.05) is 6.07 Å². The molecule has 0 bridgehead atoms. The highest BCUT2D eigenvalue weighted by molar-refractivity contribution is 9.11. The molecule has 3 rings (SSSR count). The minimum absolute atomic E-state index is 0.311. The monoisotopic (exact) mass is 397 g/mol. The zero-order valence-electron chi connectivity index (χ0n) is 10.3. The topological polar surface area (TPSA) is 78.8 Å². The normalized spacial score (nSPS) is 10.9. The van der Waals surface area contributed by atoms with Gasteiger partial charge in [-0.15, -0.1) is 0 Å². The van der Waals surface area contributed by atoms with Crippen molar-refractivity contribution < 1.29 is 4.74 Å². The molecule has 20 heavy (non-hydrogen) atoms. The lowest BCUT2D eigenvalue weighted by atomic mass is 10.3. The molecule has 0 fully saturated rings. The highest BCUT2D eigenvalue weighted by Gasteiger charge is 2.19. The molecule has 6 nitrogen and oxygen atoms in total. The van der Waals surface area contributed by atoms with Gasteiger partial charge < -0.3 is 10.5 Å². The van der Waals surface area contributed by atoms with Crippen molar-refractivity contribution in [2.24, 2.45) is 0 Å². The van der Waals surface area contributed by atoms with Gasteiger partial charge in [0.2, 0.25) is 11.8 Å². The van der Waals surface area contributed by atoms with Gasteiger partial charge in [-0.3, -0.25) is 4.57 Å². The molecule has 102 valence electrons. The standard InChI is InChI=1S/C12H9Br2N5O/c1-20-11-8-10(16-5-17-11)19(12(15)18-8)9-6(13)3-2-4-7(9)14/h2-5H,1H3,(H2,15,18). The lowest BCUT2D eigenvalue weighted by Gasteiger charge is -2.10. The number of aromatic nitrogens is 4. The van der Waals surface area contributed by atoms with Crippen molar-refractivity contribution in [3.05, 3.63) is 33.5 Å². The highest BCUT2D eigenvalue weighted by Crippen LogP contribution is 2.34. The summed E-state index contributed by atoms with van der Waals surface area (Å²) >= 11 is 7.03. The first-order chi connectivity index (χ1) is 9.63. The number of imidazole rings is 1. The van der Waals surface area contributed by atoms with Gasteiger partial charge in [0.1, 0.15) is 6.33 Å². The summed E-state index contributed by atoms with van der Waals surface area (Å²) in [5.74, 6) is 0.704. The molecule has 1 aromatic carbocycles. The fourth-order valence-electron chi connectivity index (χ4n) is 1.96. The number of para-hydroxylation sites is 1. The van der Waals surface area contributed by atoms with Crippen molar-refractivity contribution in [1.29, 1.82) is 0 Å². The first-order valence-corrected chi connectivity index (χ1v) is 7.19. The van der Waals surface area contributed by atoms with E-state index in [0.717, 1.165) is 14.6 Å². The molecule has 8 heteroatoms. The largest absolute Gasteiger partial charge is 0.479 e. The lowest BCUT2D eigenvalue weighted by molar-refractivity contribution is 0.401. The Kier molecular flexibility index (Phi) is 3.35. The second-order valence-electron chi connectivity index (χ2n) is 3.93. The Morgan fingerprint density at radius 1 is 1.20 bits per heavy atom. The molecule has 0 aliphatic rings. The first kappa shape index (κ1) is 13.3. The Morgan fingerprint density at radius 2 is 1.90 bits per heavy atom. The number of halogens is 2. The highest BCUT2D eigenvalue weighted by atomic mass is 79.9. The van der Waals surface area contributed by atoms with Crippen LogP contribution < -0.4 is 10.5 Å². The van der Waals surface area contributed by atoms with Crippen LogP contribution in [0.2, 0.25) is 0 Å². The number of hydrogen-bond acceptors (Lipinski definition) is 5. The van der Waals surface area contributed by atoms with E-state index in [4.69, 9.17) is 10.5 Å². The average molecular weight is 399 g/mol. The van der Waals surface area contributed by atoms with Gasteiger partial charge in [0, 0.05) is 8.95 Å². The van der Waals surface area contributed by atoms with E-state index in [1.54, 1.807) is 4.57 Å². The van der Waals surface area contributed by atoms with Crippen LogP contribution in [0.5, 0.6) is 5.88 Å². The predicted molar refractivity (Wildman–Crippen MR) is 83.0 cm³/mol. The molecule has 0 amide bonds. The molecular formula is C12H9Br2N5O. The molecule has 2 N–H and O–H groups in total. The van der Waals surface area contributed by atoms with E-state index in [0.29, 0.717) is 23.0 Å². The molecule has 0 aliphatic heterocycles. The SMILES string of the molecule is COc1ncnc2c1nc(N)n2-c1c(Br)cccc1Br. The van der Waals surface area contributed by atoms with Crippen LogP contribution in [-0.4, -0.2) is 26.6 Å². The minimum atomic E-state index is 0.311. The smallest absolute Gasteiger partial charge is 0.245 e. The van der Waals surface area contributed by atoms with Crippen LogP contribution in [0.3, 0.4) is 0 Å². The first-order valence-electron chi connectivity index (χ1n) is 5.60. The van der Waals surface area contributed by atoms with Crippen LogP contribution >= 0.6 is 31.9 Å². The lowest BCUT2D eigenvalue weighted by Crippen LogP contribution is -2.03. The van der Waals surface area contributed by atoms with Gasteiger partial charge in [0.05, 0.1) is 12.8 Å². The Labute approximate surface area is 131 Å². The van der Waals surface area contributed by atoms with Crippen LogP contribution in [0.15, 0.2) is 33.5 Å². The second kappa shape index (κ2) is 5.02. The zero-order valence-corrected chi connectivity index (χ0v) is 13.5. The number of hydrogen-bond donors (Lipinski definition) is 1. The quantitative estimate of drug-likeness (QED) is 0.717. The summed E-state index contributed by atoms with van der Waals surface area (Å²) in [4.78, 5) is 12.6. The van der Waals surface area contributed by atoms with Crippen LogP contribution in [0.1, 0.15) is 0 Å². The molecule has 0 saturated heterocycles. The van der Waals surface area contributed by atoms with Gasteiger partial charge in [0.25, 0.3) is 0 Å². The number of nitrogens with two attached hydrogens (primary N) is 1. The summed E-state index contributed by atoms with van der Waals surface area (Å²) in [6.07, 6.45) is 1.42. The third-order valence-electron chi connectivity index (χ3n) is 2.79. The van der Waals surface area contributed by atoms with Gasteiger partial charge in [-0.2, -0.15) is 4.98 Å². The van der Waals surface area contributed by atoms with Crippen LogP contribution in [0, 0.1) is 0 Å². The van der Waals surface area contributed by atoms with Crippen molar-refractivity contribution >= 4 is 49.0 Å². The molecular weight excluding hydrogens is 390 g/mol. The number of ether oxygens (including phenoxy) is 1. The number of fused-ring (bicyclic) bond motifs is 1. The number of rotatable bonds is 2. The molecule has 0 unspecified atom stereocenters. The Balaban J connectivity index is 2.40. The summed E-state index contributed by atoms with van der Waals surface area (Å²) < 4.78 is 8.67. The van der Waals surface area contributed by atoms with Gasteiger partial charge in [-0.25, -0.2) is 9.97 Å². The van der Waals surface area contributed by atoms with Crippen LogP contribution in [0.4, 0.5) is 5.95 Å². The number of anilines is 1. The molecule has 3 aromatic rings. The number of benzene rings is 1. The van der Waals surface area contributed by atoms with Crippen LogP contribution in [0.25, 0.3) is 16.9 Å². The van der Waals surface area contributed by atoms with Gasteiger partial charge in [0.15, 0.2) is 11.2 Å². The number of methoxy groups -OCH3 is 1. The third kappa shape index (κ3) is 1.95. The van der Waals surface area contributed by atoms with Gasteiger partial charge in [-0.05, 0) is 44.0 Å². The maximum atomic E-state index is 6.03. The Hall–Kier alpha value is -1.67. The molecule has 0 atom stereocenters. The molecule has 0 radical (unpaired) electrons. The summed E-state index contributed by atoms with van der Waals surface area (Å²) in [6.45, 7) is 0. The molecule has 2 heterocycles. The summed E-state index contributed by atoms with van der Waals surface area (Å²) in [5, 5.41) is 0. The average Bonchev–Trinajstić information content (AvgIpc) is 2.75. The fraction of sp³-hybridized carbons (Fsp3) is 0.0833. The van der Waals surface area contributed by atoms with E-state index in [-0.39, 0.29) is 0 Å². The van der Waals surface area contributed by atoms with E-state index < -0.39 is 0 Å². The predicted octanol–water partition coefficient (Wildman–Crippen LogP) is 2.93. The summed E-state index contributed by atoms with van der Waals surface area (Å²) in [5.41, 5.74) is 7.97. The molecule has 0 saturated carbocycles. The maximum absolute atomic E-state index is 6.03. The minimum Gasteiger partial charge on any atom is -0.479 e.